The van der Waals surface area contributed by atoms with Crippen molar-refractivity contribution in [3.05, 3.63) is 46.9 Å². The average Bonchev–Trinajstić information content (AvgIpc) is 2.76. The Labute approximate surface area is 199 Å². The van der Waals surface area contributed by atoms with Crippen LogP contribution in [0.5, 0.6) is 0 Å². The Balaban J connectivity index is 0.000000488. The first kappa shape index (κ1) is 28.4. The van der Waals surface area contributed by atoms with Crippen molar-refractivity contribution in [2.75, 3.05) is 42.8 Å². The van der Waals surface area contributed by atoms with Gasteiger partial charge in [-0.15, -0.1) is 0 Å². The minimum Gasteiger partial charge on any atom is -0.369 e. The van der Waals surface area contributed by atoms with E-state index in [1.54, 1.807) is 0 Å². The first-order valence-corrected chi connectivity index (χ1v) is 12.1. The molecule has 9 heteroatoms. The summed E-state index contributed by atoms with van der Waals surface area (Å²) in [6.45, 7) is 14.3. The summed E-state index contributed by atoms with van der Waals surface area (Å²) in [5.41, 5.74) is 0.355. The molecule has 0 aliphatic carbocycles. The molecule has 180 valence electrons. The van der Waals surface area contributed by atoms with E-state index >= 15 is 0 Å². The molecule has 0 spiro atoms. The van der Waals surface area contributed by atoms with Crippen molar-refractivity contribution >= 4 is 35.1 Å². The first-order chi connectivity index (χ1) is 15.3. The summed E-state index contributed by atoms with van der Waals surface area (Å²) < 4.78 is 44.2. The number of aromatic nitrogens is 1. The molecular weight excluding hydrogens is 457 g/mol. The molecule has 1 aromatic heterocycles. The van der Waals surface area contributed by atoms with Crippen LogP contribution in [-0.2, 0) is 0 Å². The lowest BCUT2D eigenvalue weighted by Gasteiger charge is -2.39. The van der Waals surface area contributed by atoms with Crippen LogP contribution in [0.1, 0.15) is 41.0 Å². The van der Waals surface area contributed by atoms with Gasteiger partial charge in [0.1, 0.15) is 21.6 Å². The van der Waals surface area contributed by atoms with E-state index in [4.69, 9.17) is 11.6 Å². The third kappa shape index (κ3) is 8.37. The fourth-order valence-electron chi connectivity index (χ4n) is 2.89. The largest absolute Gasteiger partial charge is 0.369 e. The minimum absolute atomic E-state index is 0.116. The van der Waals surface area contributed by atoms with Crippen LogP contribution in [0.15, 0.2) is 29.2 Å². The van der Waals surface area contributed by atoms with Gasteiger partial charge in [0, 0.05) is 19.2 Å². The highest BCUT2D eigenvalue weighted by Crippen LogP contribution is 2.39. The van der Waals surface area contributed by atoms with E-state index in [1.807, 2.05) is 18.7 Å². The summed E-state index contributed by atoms with van der Waals surface area (Å²) in [5.74, 6) is -1.61. The van der Waals surface area contributed by atoms with E-state index < -0.39 is 17.6 Å². The molecule has 1 saturated heterocycles. The van der Waals surface area contributed by atoms with Gasteiger partial charge in [-0.25, -0.2) is 13.8 Å². The maximum absolute atomic E-state index is 14.4. The Morgan fingerprint density at radius 1 is 1.22 bits per heavy atom. The highest BCUT2D eigenvalue weighted by molar-refractivity contribution is 8.00. The van der Waals surface area contributed by atoms with E-state index in [2.05, 4.69) is 42.4 Å². The molecule has 1 N–H and O–H groups in total. The molecule has 0 amide bonds. The third-order valence-electron chi connectivity index (χ3n) is 4.62. The second-order valence-electron chi connectivity index (χ2n) is 7.29. The molecule has 2 aromatic rings. The van der Waals surface area contributed by atoms with Gasteiger partial charge in [-0.05, 0) is 56.6 Å². The summed E-state index contributed by atoms with van der Waals surface area (Å²) >= 11 is 6.70. The van der Waals surface area contributed by atoms with Crippen LogP contribution in [0.25, 0.3) is 0 Å². The number of rotatable bonds is 7. The molecule has 0 radical (unpaired) electrons. The standard InChI is InChI=1S/C15H13ClF3N3S.C6H15N.C2H6/c1-8-6-22(7-8)10-5-9(17)15(14(19)13(10)16)23-21-12-4-2-3-11(18)20-12;1-4-6-7(3)5-2;1-2/h2-5,8H,6-7H2,1H3,(H,20,21);4-6H2,1-3H3;1-2H3. The van der Waals surface area contributed by atoms with Crippen LogP contribution in [0.2, 0.25) is 5.02 Å². The zero-order chi connectivity index (χ0) is 24.3. The van der Waals surface area contributed by atoms with Crippen molar-refractivity contribution in [2.24, 2.45) is 5.92 Å². The lowest BCUT2D eigenvalue weighted by molar-refractivity contribution is 0.353. The highest BCUT2D eigenvalue weighted by Gasteiger charge is 2.28. The Kier molecular flexibility index (Phi) is 12.9. The van der Waals surface area contributed by atoms with Crippen molar-refractivity contribution in [3.8, 4) is 0 Å². The highest BCUT2D eigenvalue weighted by atomic mass is 35.5. The van der Waals surface area contributed by atoms with Gasteiger partial charge in [-0.3, -0.25) is 0 Å². The number of anilines is 2. The number of nitrogens with one attached hydrogen (secondary N) is 1. The van der Waals surface area contributed by atoms with Crippen molar-refractivity contribution in [1.29, 1.82) is 0 Å². The topological polar surface area (TPSA) is 31.4 Å². The van der Waals surface area contributed by atoms with Gasteiger partial charge >= 0.3 is 0 Å². The minimum atomic E-state index is -0.838. The smallest absolute Gasteiger partial charge is 0.214 e. The predicted octanol–water partition coefficient (Wildman–Crippen LogP) is 7.10. The second kappa shape index (κ2) is 14.5. The van der Waals surface area contributed by atoms with Crippen molar-refractivity contribution in [3.63, 3.8) is 0 Å². The summed E-state index contributed by atoms with van der Waals surface area (Å²) in [6.07, 6.45) is 1.27. The molecule has 1 aliphatic rings. The van der Waals surface area contributed by atoms with Crippen LogP contribution in [-0.4, -0.2) is 43.1 Å². The first-order valence-electron chi connectivity index (χ1n) is 10.9. The van der Waals surface area contributed by atoms with Gasteiger partial charge in [0.2, 0.25) is 5.95 Å². The van der Waals surface area contributed by atoms with Crippen LogP contribution >= 0.6 is 23.5 Å². The summed E-state index contributed by atoms with van der Waals surface area (Å²) in [4.78, 5) is 7.42. The number of nitrogens with zero attached hydrogens (tertiary/aromatic N) is 3. The van der Waals surface area contributed by atoms with E-state index in [0.717, 1.165) is 13.1 Å². The Morgan fingerprint density at radius 2 is 1.88 bits per heavy atom. The molecule has 1 aliphatic heterocycles. The van der Waals surface area contributed by atoms with Gasteiger partial charge < -0.3 is 14.5 Å². The lowest BCUT2D eigenvalue weighted by Crippen LogP contribution is -2.45. The molecule has 0 unspecified atom stereocenters. The summed E-state index contributed by atoms with van der Waals surface area (Å²) in [5, 5.41) is -0.116. The predicted molar refractivity (Wildman–Crippen MR) is 131 cm³/mol. The number of pyridine rings is 1. The zero-order valence-corrected chi connectivity index (χ0v) is 21.3. The van der Waals surface area contributed by atoms with E-state index in [9.17, 15) is 13.2 Å². The Morgan fingerprint density at radius 3 is 2.38 bits per heavy atom. The number of benzene rings is 1. The van der Waals surface area contributed by atoms with Crippen LogP contribution < -0.4 is 9.62 Å². The maximum atomic E-state index is 14.4. The average molecular weight is 491 g/mol. The van der Waals surface area contributed by atoms with E-state index in [1.165, 1.54) is 43.8 Å². The summed E-state index contributed by atoms with van der Waals surface area (Å²) in [7, 11) is 2.14. The fourth-order valence-corrected chi connectivity index (χ4v) is 3.89. The van der Waals surface area contributed by atoms with E-state index in [0.29, 0.717) is 23.6 Å². The molecule has 3 rings (SSSR count). The molecule has 0 atom stereocenters. The van der Waals surface area contributed by atoms with Gasteiger partial charge in [-0.1, -0.05) is 52.3 Å². The molecule has 1 aromatic carbocycles. The molecule has 1 fully saturated rings. The molecule has 0 saturated carbocycles. The summed E-state index contributed by atoms with van der Waals surface area (Å²) in [6, 6.07) is 5.33. The van der Waals surface area contributed by atoms with Gasteiger partial charge in [0.25, 0.3) is 0 Å². The van der Waals surface area contributed by atoms with Gasteiger partial charge in [0.05, 0.1) is 5.69 Å². The number of halogens is 4. The van der Waals surface area contributed by atoms with Crippen molar-refractivity contribution in [2.45, 2.75) is 45.9 Å². The molecule has 32 heavy (non-hydrogen) atoms. The SMILES string of the molecule is CC.CC1CN(c2cc(F)c(SNc3cccc(F)n3)c(F)c2Cl)C1.CCCN(C)CC. The second-order valence-corrected chi connectivity index (χ2v) is 8.48. The normalized spacial score (nSPS) is 13.0. The lowest BCUT2D eigenvalue weighted by atomic mass is 10.0. The molecule has 2 heterocycles. The van der Waals surface area contributed by atoms with Crippen LogP contribution in [0.3, 0.4) is 0 Å². The fraction of sp³-hybridized carbons (Fsp3) is 0.522. The van der Waals surface area contributed by atoms with Crippen LogP contribution in [0.4, 0.5) is 24.7 Å². The van der Waals surface area contributed by atoms with Crippen molar-refractivity contribution in [1.82, 2.24) is 9.88 Å². The molecular formula is C23H34ClF3N4S. The molecule has 0 bridgehead atoms. The Hall–Kier alpha value is -1.64. The number of hydrogen-bond donors (Lipinski definition) is 1. The zero-order valence-electron chi connectivity index (χ0n) is 19.7. The molecule has 4 nitrogen and oxygen atoms in total. The van der Waals surface area contributed by atoms with Crippen molar-refractivity contribution < 1.29 is 13.2 Å². The van der Waals surface area contributed by atoms with E-state index in [-0.39, 0.29) is 15.7 Å². The monoisotopic (exact) mass is 490 g/mol. The quantitative estimate of drug-likeness (QED) is 0.254. The number of hydrogen-bond acceptors (Lipinski definition) is 5. The van der Waals surface area contributed by atoms with Crippen LogP contribution in [0, 0.1) is 23.5 Å². The Bertz CT molecular complexity index is 835. The van der Waals surface area contributed by atoms with Gasteiger partial charge in [-0.2, -0.15) is 4.39 Å². The van der Waals surface area contributed by atoms with Gasteiger partial charge in [0.15, 0.2) is 5.82 Å². The maximum Gasteiger partial charge on any atom is 0.214 e. The third-order valence-corrected chi connectivity index (χ3v) is 5.87.